The molecular weight excluding hydrogens is 226 g/mol. The van der Waals surface area contributed by atoms with E-state index < -0.39 is 11.6 Å². The molecular formula is C11H8F2N4. The van der Waals surface area contributed by atoms with Crippen molar-refractivity contribution in [1.29, 1.82) is 5.26 Å². The Morgan fingerprint density at radius 3 is 2.71 bits per heavy atom. The van der Waals surface area contributed by atoms with Gasteiger partial charge >= 0.3 is 0 Å². The number of benzene rings is 1. The molecule has 0 bridgehead atoms. The molecule has 17 heavy (non-hydrogen) atoms. The molecule has 0 radical (unpaired) electrons. The normalized spacial score (nSPS) is 10.2. The zero-order valence-corrected chi connectivity index (χ0v) is 8.91. The summed E-state index contributed by atoms with van der Waals surface area (Å²) in [5, 5.41) is 12.7. The Morgan fingerprint density at radius 1 is 1.41 bits per heavy atom. The fourth-order valence-electron chi connectivity index (χ4n) is 1.52. The largest absolute Gasteiger partial charge is 0.382 e. The second-order valence-electron chi connectivity index (χ2n) is 3.44. The number of hydrogen-bond acceptors (Lipinski definition) is 3. The molecule has 0 unspecified atom stereocenters. The van der Waals surface area contributed by atoms with Crippen LogP contribution in [0.4, 0.5) is 14.6 Å². The van der Waals surface area contributed by atoms with Crippen molar-refractivity contribution in [2.75, 3.05) is 5.73 Å². The van der Waals surface area contributed by atoms with Crippen molar-refractivity contribution in [1.82, 2.24) is 9.78 Å². The Morgan fingerprint density at radius 2 is 2.12 bits per heavy atom. The number of hydrogen-bond donors (Lipinski definition) is 1. The Labute approximate surface area is 95.9 Å². The highest BCUT2D eigenvalue weighted by atomic mass is 19.2. The molecule has 0 spiro atoms. The van der Waals surface area contributed by atoms with E-state index >= 15 is 0 Å². The molecule has 0 amide bonds. The summed E-state index contributed by atoms with van der Waals surface area (Å²) >= 11 is 0. The van der Waals surface area contributed by atoms with E-state index in [-0.39, 0.29) is 17.1 Å². The smallest absolute Gasteiger partial charge is 0.184 e. The van der Waals surface area contributed by atoms with Gasteiger partial charge in [0.25, 0.3) is 0 Å². The lowest BCUT2D eigenvalue weighted by atomic mass is 10.2. The van der Waals surface area contributed by atoms with Crippen molar-refractivity contribution in [3.8, 4) is 11.8 Å². The molecule has 0 aliphatic heterocycles. The molecule has 4 nitrogen and oxygen atoms in total. The van der Waals surface area contributed by atoms with Gasteiger partial charge in [0.15, 0.2) is 11.6 Å². The number of nitrogen functional groups attached to an aromatic ring is 1. The Bertz CT molecular complexity index is 625. The third kappa shape index (κ3) is 1.61. The molecule has 1 aromatic carbocycles. The van der Waals surface area contributed by atoms with Gasteiger partial charge in [-0.2, -0.15) is 10.4 Å². The van der Waals surface area contributed by atoms with E-state index in [1.54, 1.807) is 6.92 Å². The average Bonchev–Trinajstić information content (AvgIpc) is 2.58. The van der Waals surface area contributed by atoms with Gasteiger partial charge in [0.05, 0.1) is 5.69 Å². The molecule has 2 N–H and O–H groups in total. The van der Waals surface area contributed by atoms with E-state index in [0.717, 1.165) is 10.7 Å². The van der Waals surface area contributed by atoms with Crippen molar-refractivity contribution in [3.63, 3.8) is 0 Å². The van der Waals surface area contributed by atoms with Gasteiger partial charge < -0.3 is 5.73 Å². The third-order valence-corrected chi connectivity index (χ3v) is 2.37. The highest BCUT2D eigenvalue weighted by Gasteiger charge is 2.17. The fraction of sp³-hybridized carbons (Fsp3) is 0.0909. The van der Waals surface area contributed by atoms with Crippen molar-refractivity contribution >= 4 is 5.82 Å². The predicted octanol–water partition coefficient (Wildman–Crippen LogP) is 1.91. The second kappa shape index (κ2) is 3.87. The van der Waals surface area contributed by atoms with E-state index in [1.165, 1.54) is 12.1 Å². The number of rotatable bonds is 1. The number of aromatic nitrogens is 2. The summed E-state index contributed by atoms with van der Waals surface area (Å²) in [5.74, 6) is -2.05. The zero-order chi connectivity index (χ0) is 12.6. The van der Waals surface area contributed by atoms with Crippen LogP contribution in [0.5, 0.6) is 0 Å². The Balaban J connectivity index is 2.70. The number of halogens is 2. The van der Waals surface area contributed by atoms with Crippen LogP contribution in [0.2, 0.25) is 0 Å². The van der Waals surface area contributed by atoms with Gasteiger partial charge in [-0.3, -0.25) is 0 Å². The van der Waals surface area contributed by atoms with Crippen LogP contribution in [0, 0.1) is 29.9 Å². The lowest BCUT2D eigenvalue weighted by molar-refractivity contribution is 0.502. The summed E-state index contributed by atoms with van der Waals surface area (Å²) in [7, 11) is 0. The Kier molecular flexibility index (Phi) is 2.52. The molecule has 0 saturated carbocycles. The molecule has 0 fully saturated rings. The van der Waals surface area contributed by atoms with E-state index in [2.05, 4.69) is 5.10 Å². The van der Waals surface area contributed by atoms with Crippen LogP contribution < -0.4 is 5.73 Å². The minimum absolute atomic E-state index is 0.00509. The van der Waals surface area contributed by atoms with Crippen LogP contribution in [0.15, 0.2) is 18.2 Å². The molecule has 0 aliphatic carbocycles. The van der Waals surface area contributed by atoms with Crippen LogP contribution in [0.3, 0.4) is 0 Å². The number of nitrogens with zero attached hydrogens (tertiary/aromatic N) is 3. The van der Waals surface area contributed by atoms with Gasteiger partial charge in [0, 0.05) is 0 Å². The van der Waals surface area contributed by atoms with Crippen LogP contribution >= 0.6 is 0 Å². The van der Waals surface area contributed by atoms with Crippen molar-refractivity contribution in [2.24, 2.45) is 0 Å². The molecule has 1 aromatic heterocycles. The Hall–Kier alpha value is -2.42. The van der Waals surface area contributed by atoms with Crippen molar-refractivity contribution in [2.45, 2.75) is 6.92 Å². The van der Waals surface area contributed by atoms with Crippen molar-refractivity contribution < 1.29 is 8.78 Å². The molecule has 2 aromatic rings. The minimum atomic E-state index is -1.05. The van der Waals surface area contributed by atoms with E-state index in [4.69, 9.17) is 11.0 Å². The second-order valence-corrected chi connectivity index (χ2v) is 3.44. The van der Waals surface area contributed by atoms with Crippen molar-refractivity contribution in [3.05, 3.63) is 41.1 Å². The number of nitrogens with two attached hydrogens (primary N) is 1. The molecule has 2 rings (SSSR count). The van der Waals surface area contributed by atoms with Gasteiger partial charge in [0.2, 0.25) is 0 Å². The molecule has 0 atom stereocenters. The topological polar surface area (TPSA) is 67.6 Å². The number of aryl methyl sites for hydroxylation is 1. The first-order valence-corrected chi connectivity index (χ1v) is 4.76. The molecule has 0 aliphatic rings. The van der Waals surface area contributed by atoms with E-state index in [0.29, 0.717) is 5.69 Å². The summed E-state index contributed by atoms with van der Waals surface area (Å²) in [5.41, 5.74) is 6.07. The number of nitriles is 1. The van der Waals surface area contributed by atoms with Crippen LogP contribution in [-0.2, 0) is 0 Å². The van der Waals surface area contributed by atoms with Gasteiger partial charge in [-0.15, -0.1) is 0 Å². The van der Waals surface area contributed by atoms with Gasteiger partial charge in [-0.05, 0) is 19.1 Å². The first-order valence-electron chi connectivity index (χ1n) is 4.76. The summed E-state index contributed by atoms with van der Waals surface area (Å²) in [4.78, 5) is 0. The average molecular weight is 234 g/mol. The predicted molar refractivity (Wildman–Crippen MR) is 57.3 cm³/mol. The molecule has 6 heteroatoms. The molecule has 0 saturated heterocycles. The van der Waals surface area contributed by atoms with Gasteiger partial charge in [-0.25, -0.2) is 13.5 Å². The lowest BCUT2D eigenvalue weighted by Gasteiger charge is -2.05. The van der Waals surface area contributed by atoms with E-state index in [9.17, 15) is 8.78 Å². The SMILES string of the molecule is Cc1nn(-c2cccc(F)c2F)c(N)c1C#N. The summed E-state index contributed by atoms with van der Waals surface area (Å²) in [6, 6.07) is 5.54. The van der Waals surface area contributed by atoms with Crippen LogP contribution in [0.1, 0.15) is 11.3 Å². The van der Waals surface area contributed by atoms with Gasteiger partial charge in [-0.1, -0.05) is 6.07 Å². The third-order valence-electron chi connectivity index (χ3n) is 2.37. The number of anilines is 1. The molecule has 86 valence electrons. The summed E-state index contributed by atoms with van der Waals surface area (Å²) in [6.07, 6.45) is 0. The van der Waals surface area contributed by atoms with Crippen LogP contribution in [-0.4, -0.2) is 9.78 Å². The quantitative estimate of drug-likeness (QED) is 0.819. The monoisotopic (exact) mass is 234 g/mol. The molecule has 1 heterocycles. The van der Waals surface area contributed by atoms with Crippen LogP contribution in [0.25, 0.3) is 5.69 Å². The maximum Gasteiger partial charge on any atom is 0.184 e. The fourth-order valence-corrected chi connectivity index (χ4v) is 1.52. The summed E-state index contributed by atoms with van der Waals surface area (Å²) < 4.78 is 27.6. The maximum atomic E-state index is 13.5. The highest BCUT2D eigenvalue weighted by Crippen LogP contribution is 2.22. The first-order chi connectivity index (χ1) is 8.06. The minimum Gasteiger partial charge on any atom is -0.382 e. The van der Waals surface area contributed by atoms with E-state index in [1.807, 2.05) is 6.07 Å². The maximum absolute atomic E-state index is 13.5. The summed E-state index contributed by atoms with van der Waals surface area (Å²) in [6.45, 7) is 1.57. The van der Waals surface area contributed by atoms with Gasteiger partial charge in [0.1, 0.15) is 23.1 Å². The zero-order valence-electron chi connectivity index (χ0n) is 8.91. The lowest BCUT2D eigenvalue weighted by Crippen LogP contribution is -2.05. The first kappa shape index (κ1) is 11.1. The standard InChI is InChI=1S/C11H8F2N4/c1-6-7(5-14)11(15)17(16-6)9-4-2-3-8(12)10(9)13/h2-4H,15H2,1H3. The highest BCUT2D eigenvalue weighted by molar-refractivity contribution is 5.56.